The highest BCUT2D eigenvalue weighted by Crippen LogP contribution is 2.26. The Labute approximate surface area is 124 Å². The van der Waals surface area contributed by atoms with Gasteiger partial charge in [0.15, 0.2) is 0 Å². The molecule has 0 unspecified atom stereocenters. The van der Waals surface area contributed by atoms with Crippen LogP contribution in [0.2, 0.25) is 0 Å². The predicted octanol–water partition coefficient (Wildman–Crippen LogP) is 1.25. The Morgan fingerprint density at radius 2 is 1.81 bits per heavy atom. The van der Waals surface area contributed by atoms with E-state index < -0.39 is 0 Å². The Hall–Kier alpha value is -1.63. The van der Waals surface area contributed by atoms with E-state index in [2.05, 4.69) is 26.8 Å². The minimum atomic E-state index is 0.195. The molecule has 2 N–H and O–H groups in total. The molecule has 21 heavy (non-hydrogen) atoms. The van der Waals surface area contributed by atoms with Crippen molar-refractivity contribution < 1.29 is 9.47 Å². The van der Waals surface area contributed by atoms with Crippen LogP contribution in [-0.2, 0) is 4.74 Å². The van der Waals surface area contributed by atoms with Crippen LogP contribution in [0.3, 0.4) is 0 Å². The van der Waals surface area contributed by atoms with Crippen molar-refractivity contribution in [1.82, 2.24) is 15.0 Å². The molecule has 0 atom stereocenters. The summed E-state index contributed by atoms with van der Waals surface area (Å²) in [4.78, 5) is 14.8. The molecular weight excluding hydrogens is 270 g/mol. The second kappa shape index (κ2) is 6.43. The first-order valence-corrected chi connectivity index (χ1v) is 7.71. The minimum absolute atomic E-state index is 0.195. The number of nitrogens with zero attached hydrogens (tertiary/aromatic N) is 4. The highest BCUT2D eigenvalue weighted by atomic mass is 16.5. The van der Waals surface area contributed by atoms with Crippen LogP contribution in [0.15, 0.2) is 0 Å². The molecule has 2 fully saturated rings. The first-order valence-electron chi connectivity index (χ1n) is 7.71. The van der Waals surface area contributed by atoms with E-state index >= 15 is 0 Å². The van der Waals surface area contributed by atoms with Crippen LogP contribution in [0.1, 0.15) is 32.6 Å². The van der Waals surface area contributed by atoms with Crippen molar-refractivity contribution >= 4 is 11.9 Å². The van der Waals surface area contributed by atoms with Gasteiger partial charge in [-0.3, -0.25) is 0 Å². The van der Waals surface area contributed by atoms with Crippen molar-refractivity contribution in [3.8, 4) is 6.01 Å². The average molecular weight is 293 g/mol. The summed E-state index contributed by atoms with van der Waals surface area (Å²) in [6.45, 7) is 5.19. The summed E-state index contributed by atoms with van der Waals surface area (Å²) in [5.41, 5.74) is 5.79. The Morgan fingerprint density at radius 3 is 2.52 bits per heavy atom. The number of hydrogen-bond donors (Lipinski definition) is 1. The van der Waals surface area contributed by atoms with E-state index in [0.717, 1.165) is 31.8 Å². The van der Waals surface area contributed by atoms with Crippen LogP contribution in [0.4, 0.5) is 11.9 Å². The van der Waals surface area contributed by atoms with Gasteiger partial charge in [-0.2, -0.15) is 15.0 Å². The second-order valence-electron chi connectivity index (χ2n) is 5.88. The summed E-state index contributed by atoms with van der Waals surface area (Å²) in [6.07, 6.45) is 4.70. The maximum Gasteiger partial charge on any atom is 0.323 e. The zero-order valence-corrected chi connectivity index (χ0v) is 12.5. The predicted molar refractivity (Wildman–Crippen MR) is 79.3 cm³/mol. The van der Waals surface area contributed by atoms with Crippen LogP contribution in [0.25, 0.3) is 0 Å². The lowest BCUT2D eigenvalue weighted by Gasteiger charge is -2.28. The lowest BCUT2D eigenvalue weighted by atomic mass is 9.89. The largest absolute Gasteiger partial charge is 0.460 e. The van der Waals surface area contributed by atoms with Crippen LogP contribution in [-0.4, -0.2) is 47.4 Å². The highest BCUT2D eigenvalue weighted by Gasteiger charge is 2.22. The number of nitrogens with two attached hydrogens (primary N) is 1. The molecule has 0 bridgehead atoms. The Bertz CT molecular complexity index is 470. The van der Waals surface area contributed by atoms with Gasteiger partial charge in [-0.1, -0.05) is 6.92 Å². The highest BCUT2D eigenvalue weighted by molar-refractivity contribution is 5.36. The summed E-state index contributed by atoms with van der Waals surface area (Å²) in [5, 5.41) is 0. The minimum Gasteiger partial charge on any atom is -0.460 e. The molecule has 1 aliphatic heterocycles. The van der Waals surface area contributed by atoms with E-state index in [1.165, 1.54) is 12.8 Å². The monoisotopic (exact) mass is 293 g/mol. The number of aromatic nitrogens is 3. The Morgan fingerprint density at radius 1 is 1.10 bits per heavy atom. The summed E-state index contributed by atoms with van der Waals surface area (Å²) in [5.74, 6) is 1.59. The normalized spacial score (nSPS) is 26.6. The SMILES string of the molecule is CC1CCC(Oc2nc(N)nc(N3CCOCC3)n2)CC1. The van der Waals surface area contributed by atoms with Gasteiger partial charge in [0.1, 0.15) is 6.10 Å². The van der Waals surface area contributed by atoms with E-state index in [-0.39, 0.29) is 12.1 Å². The van der Waals surface area contributed by atoms with Gasteiger partial charge in [0.25, 0.3) is 0 Å². The summed E-state index contributed by atoms with van der Waals surface area (Å²) >= 11 is 0. The van der Waals surface area contributed by atoms with Crippen LogP contribution < -0.4 is 15.4 Å². The molecule has 2 aliphatic rings. The lowest BCUT2D eigenvalue weighted by molar-refractivity contribution is 0.119. The summed E-state index contributed by atoms with van der Waals surface area (Å²) in [6, 6.07) is 0.351. The van der Waals surface area contributed by atoms with Crippen LogP contribution >= 0.6 is 0 Å². The number of rotatable bonds is 3. The van der Waals surface area contributed by atoms with Crippen LogP contribution in [0, 0.1) is 5.92 Å². The molecule has 7 heteroatoms. The molecule has 0 spiro atoms. The van der Waals surface area contributed by atoms with Gasteiger partial charge in [-0.05, 0) is 31.6 Å². The summed E-state index contributed by atoms with van der Waals surface area (Å²) in [7, 11) is 0. The van der Waals surface area contributed by atoms with Gasteiger partial charge in [0, 0.05) is 13.1 Å². The molecule has 1 aromatic rings. The fourth-order valence-corrected chi connectivity index (χ4v) is 2.81. The van der Waals surface area contributed by atoms with Gasteiger partial charge in [0.2, 0.25) is 11.9 Å². The zero-order valence-electron chi connectivity index (χ0n) is 12.5. The number of morpholine rings is 1. The maximum absolute atomic E-state index is 5.92. The number of nitrogen functional groups attached to an aromatic ring is 1. The zero-order chi connectivity index (χ0) is 14.7. The fraction of sp³-hybridized carbons (Fsp3) is 0.786. The van der Waals surface area contributed by atoms with Gasteiger partial charge in [0.05, 0.1) is 13.2 Å². The van der Waals surface area contributed by atoms with E-state index in [4.69, 9.17) is 15.2 Å². The molecule has 0 radical (unpaired) electrons. The van der Waals surface area contributed by atoms with Crippen molar-refractivity contribution in [2.45, 2.75) is 38.7 Å². The molecule has 1 saturated carbocycles. The number of hydrogen-bond acceptors (Lipinski definition) is 7. The van der Waals surface area contributed by atoms with E-state index in [9.17, 15) is 0 Å². The van der Waals surface area contributed by atoms with Crippen molar-refractivity contribution in [2.24, 2.45) is 5.92 Å². The first kappa shape index (κ1) is 14.3. The standard InChI is InChI=1S/C14H23N5O2/c1-10-2-4-11(5-3-10)21-14-17-12(15)16-13(18-14)19-6-8-20-9-7-19/h10-11H,2-9H2,1H3,(H2,15,16,17,18). The average Bonchev–Trinajstić information content (AvgIpc) is 2.50. The van der Waals surface area contributed by atoms with Gasteiger partial charge in [-0.25, -0.2) is 0 Å². The third-order valence-corrected chi connectivity index (χ3v) is 4.15. The maximum atomic E-state index is 5.92. The molecule has 2 heterocycles. The van der Waals surface area contributed by atoms with Crippen molar-refractivity contribution in [3.05, 3.63) is 0 Å². The van der Waals surface area contributed by atoms with Gasteiger partial charge >= 0.3 is 6.01 Å². The van der Waals surface area contributed by atoms with E-state index in [1.54, 1.807) is 0 Å². The smallest absolute Gasteiger partial charge is 0.323 e. The van der Waals surface area contributed by atoms with Gasteiger partial charge < -0.3 is 20.1 Å². The molecule has 1 aliphatic carbocycles. The molecular formula is C14H23N5O2. The molecule has 1 saturated heterocycles. The number of anilines is 2. The quantitative estimate of drug-likeness (QED) is 0.897. The van der Waals surface area contributed by atoms with E-state index in [0.29, 0.717) is 25.2 Å². The summed E-state index contributed by atoms with van der Waals surface area (Å²) < 4.78 is 11.3. The Kier molecular flexibility index (Phi) is 4.38. The number of ether oxygens (including phenoxy) is 2. The van der Waals surface area contributed by atoms with Gasteiger partial charge in [-0.15, -0.1) is 0 Å². The molecule has 3 rings (SSSR count). The first-order chi connectivity index (χ1) is 10.2. The molecule has 7 nitrogen and oxygen atoms in total. The molecule has 0 amide bonds. The Balaban J connectivity index is 1.68. The third-order valence-electron chi connectivity index (χ3n) is 4.15. The molecule has 116 valence electrons. The fourth-order valence-electron chi connectivity index (χ4n) is 2.81. The van der Waals surface area contributed by atoms with Crippen molar-refractivity contribution in [3.63, 3.8) is 0 Å². The third kappa shape index (κ3) is 3.72. The van der Waals surface area contributed by atoms with Crippen molar-refractivity contribution in [2.75, 3.05) is 36.9 Å². The molecule has 1 aromatic heterocycles. The second-order valence-corrected chi connectivity index (χ2v) is 5.88. The molecule has 0 aromatic carbocycles. The van der Waals surface area contributed by atoms with E-state index in [1.807, 2.05) is 0 Å². The van der Waals surface area contributed by atoms with Crippen molar-refractivity contribution in [1.29, 1.82) is 0 Å². The van der Waals surface area contributed by atoms with Crippen LogP contribution in [0.5, 0.6) is 6.01 Å². The topological polar surface area (TPSA) is 86.4 Å². The lowest BCUT2D eigenvalue weighted by Crippen LogP contribution is -2.37.